The van der Waals surface area contributed by atoms with Crippen LogP contribution < -0.4 is 11.5 Å². The molecule has 0 radical (unpaired) electrons. The van der Waals surface area contributed by atoms with Crippen LogP contribution in [0.1, 0.15) is 40.0 Å². The Morgan fingerprint density at radius 2 is 2.00 bits per heavy atom. The maximum absolute atomic E-state index is 12.2. The van der Waals surface area contributed by atoms with Crippen LogP contribution >= 0.6 is 0 Å². The zero-order valence-corrected chi connectivity index (χ0v) is 11.9. The van der Waals surface area contributed by atoms with Gasteiger partial charge < -0.3 is 20.9 Å². The molecule has 0 heterocycles. The van der Waals surface area contributed by atoms with Gasteiger partial charge in [0.15, 0.2) is 0 Å². The first-order valence-electron chi connectivity index (χ1n) is 6.46. The first kappa shape index (κ1) is 15.4. The summed E-state index contributed by atoms with van der Waals surface area (Å²) >= 11 is 0. The van der Waals surface area contributed by atoms with Gasteiger partial charge in [-0.1, -0.05) is 0 Å². The molecule has 0 bridgehead atoms. The van der Waals surface area contributed by atoms with Crippen molar-refractivity contribution in [2.75, 3.05) is 13.7 Å². The van der Waals surface area contributed by atoms with Gasteiger partial charge in [0.05, 0.1) is 0 Å². The summed E-state index contributed by atoms with van der Waals surface area (Å²) in [5.41, 5.74) is 10.6. The first-order valence-corrected chi connectivity index (χ1v) is 6.46. The molecule has 1 saturated carbocycles. The van der Waals surface area contributed by atoms with Crippen LogP contribution in [0.5, 0.6) is 0 Å². The van der Waals surface area contributed by atoms with Crippen LogP contribution in [0.25, 0.3) is 0 Å². The summed E-state index contributed by atoms with van der Waals surface area (Å²) in [6, 6.07) is -0.347. The Kier molecular flexibility index (Phi) is 4.75. The highest BCUT2D eigenvalue weighted by Gasteiger charge is 2.47. The number of hydrogen-bond acceptors (Lipinski definition) is 5. The van der Waals surface area contributed by atoms with Gasteiger partial charge in [0.1, 0.15) is 11.1 Å². The quantitative estimate of drug-likeness (QED) is 0.731. The molecule has 1 rings (SSSR count). The van der Waals surface area contributed by atoms with Crippen LogP contribution in [-0.4, -0.2) is 36.9 Å². The van der Waals surface area contributed by atoms with Crippen molar-refractivity contribution in [2.45, 2.75) is 57.2 Å². The molecule has 0 amide bonds. The minimum Gasteiger partial charge on any atom is -0.459 e. The third kappa shape index (κ3) is 3.67. The number of methoxy groups -OCH3 is 1. The second-order valence-electron chi connectivity index (χ2n) is 6.25. The Morgan fingerprint density at radius 3 is 2.50 bits per heavy atom. The second-order valence-corrected chi connectivity index (χ2v) is 6.25. The average molecular weight is 258 g/mol. The Bertz CT molecular complexity index is 301. The fourth-order valence-corrected chi connectivity index (χ4v) is 2.39. The standard InChI is InChI=1S/C13H26N2O3/c1-12(2,3)18-11(16)13(15)7-9(8-17-4)5-6-10(13)14/h9-10H,5-8,14-15H2,1-4H3. The Labute approximate surface area is 109 Å². The maximum atomic E-state index is 12.2. The molecule has 4 N–H and O–H groups in total. The molecular formula is C13H26N2O3. The molecule has 0 aromatic rings. The van der Waals surface area contributed by atoms with Gasteiger partial charge in [0.25, 0.3) is 0 Å². The number of carbonyl (C=O) groups is 1. The van der Waals surface area contributed by atoms with Crippen molar-refractivity contribution in [2.24, 2.45) is 17.4 Å². The van der Waals surface area contributed by atoms with Crippen molar-refractivity contribution >= 4 is 5.97 Å². The molecule has 0 aromatic heterocycles. The van der Waals surface area contributed by atoms with E-state index in [0.29, 0.717) is 13.0 Å². The van der Waals surface area contributed by atoms with E-state index in [-0.39, 0.29) is 12.0 Å². The van der Waals surface area contributed by atoms with E-state index in [1.807, 2.05) is 20.8 Å². The van der Waals surface area contributed by atoms with Gasteiger partial charge in [-0.3, -0.25) is 0 Å². The molecule has 106 valence electrons. The summed E-state index contributed by atoms with van der Waals surface area (Å²) in [6.07, 6.45) is 2.19. The van der Waals surface area contributed by atoms with E-state index < -0.39 is 17.1 Å². The highest BCUT2D eigenvalue weighted by molar-refractivity contribution is 5.82. The summed E-state index contributed by atoms with van der Waals surface area (Å²) in [4.78, 5) is 12.2. The molecule has 1 aliphatic rings. The minimum atomic E-state index is -1.09. The molecule has 3 atom stereocenters. The molecule has 5 nitrogen and oxygen atoms in total. The molecule has 3 unspecified atom stereocenters. The van der Waals surface area contributed by atoms with Gasteiger partial charge in [0, 0.05) is 19.8 Å². The number of hydrogen-bond donors (Lipinski definition) is 2. The average Bonchev–Trinajstić information content (AvgIpc) is 2.21. The SMILES string of the molecule is COCC1CCC(N)C(N)(C(=O)OC(C)(C)C)C1. The van der Waals surface area contributed by atoms with Crippen molar-refractivity contribution in [3.63, 3.8) is 0 Å². The molecule has 0 spiro atoms. The summed E-state index contributed by atoms with van der Waals surface area (Å²) in [5, 5.41) is 0. The normalized spacial score (nSPS) is 33.2. The van der Waals surface area contributed by atoms with E-state index in [2.05, 4.69) is 0 Å². The number of carbonyl (C=O) groups excluding carboxylic acids is 1. The Balaban J connectivity index is 2.77. The smallest absolute Gasteiger partial charge is 0.328 e. The number of esters is 1. The van der Waals surface area contributed by atoms with Crippen molar-refractivity contribution < 1.29 is 14.3 Å². The number of nitrogens with two attached hydrogens (primary N) is 2. The lowest BCUT2D eigenvalue weighted by Gasteiger charge is -2.41. The maximum Gasteiger partial charge on any atom is 0.328 e. The van der Waals surface area contributed by atoms with E-state index in [9.17, 15) is 4.79 Å². The topological polar surface area (TPSA) is 87.6 Å². The van der Waals surface area contributed by atoms with Gasteiger partial charge in [-0.05, 0) is 46.0 Å². The molecule has 0 saturated heterocycles. The molecule has 18 heavy (non-hydrogen) atoms. The van der Waals surface area contributed by atoms with Gasteiger partial charge in [-0.25, -0.2) is 4.79 Å². The molecule has 0 aromatic carbocycles. The van der Waals surface area contributed by atoms with Crippen molar-refractivity contribution in [1.29, 1.82) is 0 Å². The fourth-order valence-electron chi connectivity index (χ4n) is 2.39. The summed E-state index contributed by atoms with van der Waals surface area (Å²) in [7, 11) is 1.65. The van der Waals surface area contributed by atoms with E-state index in [0.717, 1.165) is 12.8 Å². The van der Waals surface area contributed by atoms with Crippen LogP contribution in [0.2, 0.25) is 0 Å². The number of ether oxygens (including phenoxy) is 2. The van der Waals surface area contributed by atoms with Gasteiger partial charge in [-0.2, -0.15) is 0 Å². The number of rotatable bonds is 3. The highest BCUT2D eigenvalue weighted by atomic mass is 16.6. The lowest BCUT2D eigenvalue weighted by atomic mass is 9.73. The van der Waals surface area contributed by atoms with E-state index in [1.54, 1.807) is 7.11 Å². The zero-order chi connectivity index (χ0) is 14.0. The predicted octanol–water partition coefficient (Wildman–Crippen LogP) is 0.799. The third-order valence-corrected chi connectivity index (χ3v) is 3.36. The van der Waals surface area contributed by atoms with Crippen LogP contribution in [0.3, 0.4) is 0 Å². The highest BCUT2D eigenvalue weighted by Crippen LogP contribution is 2.32. The van der Waals surface area contributed by atoms with E-state index in [1.165, 1.54) is 0 Å². The van der Waals surface area contributed by atoms with E-state index in [4.69, 9.17) is 20.9 Å². The van der Waals surface area contributed by atoms with Crippen LogP contribution in [0, 0.1) is 5.92 Å². The molecule has 1 fully saturated rings. The minimum absolute atomic E-state index is 0.271. The van der Waals surface area contributed by atoms with Crippen molar-refractivity contribution in [1.82, 2.24) is 0 Å². The van der Waals surface area contributed by atoms with Crippen LogP contribution in [0.15, 0.2) is 0 Å². The zero-order valence-electron chi connectivity index (χ0n) is 11.9. The van der Waals surface area contributed by atoms with Crippen LogP contribution in [0.4, 0.5) is 0 Å². The third-order valence-electron chi connectivity index (χ3n) is 3.36. The Hall–Kier alpha value is -0.650. The molecular weight excluding hydrogens is 232 g/mol. The van der Waals surface area contributed by atoms with E-state index >= 15 is 0 Å². The fraction of sp³-hybridized carbons (Fsp3) is 0.923. The summed E-state index contributed by atoms with van der Waals surface area (Å²) < 4.78 is 10.5. The molecule has 0 aliphatic heterocycles. The van der Waals surface area contributed by atoms with Gasteiger partial charge >= 0.3 is 5.97 Å². The summed E-state index contributed by atoms with van der Waals surface area (Å²) in [5.74, 6) is -0.129. The second kappa shape index (κ2) is 5.55. The van der Waals surface area contributed by atoms with Crippen molar-refractivity contribution in [3.05, 3.63) is 0 Å². The van der Waals surface area contributed by atoms with Gasteiger partial charge in [0.2, 0.25) is 0 Å². The largest absolute Gasteiger partial charge is 0.459 e. The summed E-state index contributed by atoms with van der Waals surface area (Å²) in [6.45, 7) is 6.09. The lowest BCUT2D eigenvalue weighted by Crippen LogP contribution is -2.65. The lowest BCUT2D eigenvalue weighted by molar-refractivity contribution is -0.164. The Morgan fingerprint density at radius 1 is 1.39 bits per heavy atom. The van der Waals surface area contributed by atoms with Gasteiger partial charge in [-0.15, -0.1) is 0 Å². The monoisotopic (exact) mass is 258 g/mol. The van der Waals surface area contributed by atoms with Crippen LogP contribution in [-0.2, 0) is 14.3 Å². The molecule has 5 heteroatoms. The van der Waals surface area contributed by atoms with Crippen molar-refractivity contribution in [3.8, 4) is 0 Å². The molecule has 1 aliphatic carbocycles. The predicted molar refractivity (Wildman–Crippen MR) is 70.0 cm³/mol. The first-order chi connectivity index (χ1) is 8.19.